The van der Waals surface area contributed by atoms with Crippen molar-refractivity contribution in [1.29, 1.82) is 0 Å². The molecule has 3 rings (SSSR count). The SMILES string of the molecule is CCOC(=O)OC1=C(c2c(CC)cc(C)cc2CC)C(=O)CC(CCSc2ccc(C(F)(F)F)cc2)C1. The van der Waals surface area contributed by atoms with E-state index >= 15 is 0 Å². The van der Waals surface area contributed by atoms with Gasteiger partial charge in [-0.2, -0.15) is 13.2 Å². The van der Waals surface area contributed by atoms with Crippen LogP contribution in [0, 0.1) is 12.8 Å². The number of hydrogen-bond acceptors (Lipinski definition) is 5. The maximum absolute atomic E-state index is 13.5. The van der Waals surface area contributed by atoms with Crippen molar-refractivity contribution in [3.63, 3.8) is 0 Å². The molecule has 0 amide bonds. The Balaban J connectivity index is 1.84. The van der Waals surface area contributed by atoms with E-state index in [0.29, 0.717) is 36.3 Å². The topological polar surface area (TPSA) is 52.6 Å². The predicted molar refractivity (Wildman–Crippen MR) is 139 cm³/mol. The zero-order valence-electron chi connectivity index (χ0n) is 21.7. The standard InChI is InChI=1S/C29H33F3O4S/c1-5-20-14-18(4)15-21(6-2)26(20)27-24(33)16-19(17-25(27)36-28(34)35-7-3)12-13-37-23-10-8-22(9-11-23)29(30,31)32/h8-11,14-15,19H,5-7,12-13,16-17H2,1-4H3. The van der Waals surface area contributed by atoms with E-state index in [1.165, 1.54) is 23.9 Å². The fraction of sp³-hybridized carbons (Fsp3) is 0.448. The molecule has 0 spiro atoms. The largest absolute Gasteiger partial charge is 0.513 e. The van der Waals surface area contributed by atoms with Crippen LogP contribution in [0.5, 0.6) is 0 Å². The zero-order chi connectivity index (χ0) is 27.2. The molecule has 1 unspecified atom stereocenters. The average molecular weight is 535 g/mol. The number of aryl methyl sites for hydroxylation is 3. The van der Waals surface area contributed by atoms with E-state index in [2.05, 4.69) is 12.1 Å². The van der Waals surface area contributed by atoms with E-state index < -0.39 is 17.9 Å². The third-order valence-electron chi connectivity index (χ3n) is 6.41. The molecule has 200 valence electrons. The summed E-state index contributed by atoms with van der Waals surface area (Å²) >= 11 is 1.44. The summed E-state index contributed by atoms with van der Waals surface area (Å²) in [7, 11) is 0. The molecule has 0 saturated heterocycles. The lowest BCUT2D eigenvalue weighted by Gasteiger charge is -2.28. The number of Topliss-reactive ketones (excluding diaryl/α,β-unsaturated/α-hetero) is 1. The minimum absolute atomic E-state index is 0.0526. The lowest BCUT2D eigenvalue weighted by atomic mass is 9.79. The van der Waals surface area contributed by atoms with Crippen LogP contribution in [0.15, 0.2) is 47.1 Å². The molecule has 37 heavy (non-hydrogen) atoms. The molecule has 2 aromatic rings. The summed E-state index contributed by atoms with van der Waals surface area (Å²) in [5.41, 5.74) is 3.85. The van der Waals surface area contributed by atoms with Crippen LogP contribution in [0.1, 0.15) is 67.9 Å². The maximum atomic E-state index is 13.5. The monoisotopic (exact) mass is 534 g/mol. The van der Waals surface area contributed by atoms with Gasteiger partial charge in [-0.25, -0.2) is 4.79 Å². The minimum atomic E-state index is -4.36. The second kappa shape index (κ2) is 12.7. The van der Waals surface area contributed by atoms with Crippen LogP contribution in [0.2, 0.25) is 0 Å². The van der Waals surface area contributed by atoms with E-state index in [0.717, 1.165) is 52.1 Å². The number of thioether (sulfide) groups is 1. The van der Waals surface area contributed by atoms with E-state index in [1.54, 1.807) is 6.92 Å². The predicted octanol–water partition coefficient (Wildman–Crippen LogP) is 8.18. The molecule has 0 heterocycles. The molecule has 2 aromatic carbocycles. The average Bonchev–Trinajstić information content (AvgIpc) is 2.84. The molecular weight excluding hydrogens is 501 g/mol. The third kappa shape index (κ3) is 7.40. The Morgan fingerprint density at radius 3 is 2.19 bits per heavy atom. The van der Waals surface area contributed by atoms with Crippen LogP contribution in [0.4, 0.5) is 18.0 Å². The van der Waals surface area contributed by atoms with Gasteiger partial charge in [0.1, 0.15) is 5.76 Å². The highest BCUT2D eigenvalue weighted by molar-refractivity contribution is 7.99. The first-order chi connectivity index (χ1) is 17.6. The van der Waals surface area contributed by atoms with Crippen molar-refractivity contribution < 1.29 is 32.2 Å². The molecule has 8 heteroatoms. The first kappa shape index (κ1) is 28.8. The Bertz CT molecular complexity index is 1130. The van der Waals surface area contributed by atoms with Crippen LogP contribution >= 0.6 is 11.8 Å². The number of halogens is 3. The van der Waals surface area contributed by atoms with Crippen molar-refractivity contribution >= 4 is 29.3 Å². The second-order valence-corrected chi connectivity index (χ2v) is 10.3. The third-order valence-corrected chi connectivity index (χ3v) is 7.45. The van der Waals surface area contributed by atoms with Crippen molar-refractivity contribution in [1.82, 2.24) is 0 Å². The van der Waals surface area contributed by atoms with Gasteiger partial charge in [-0.15, -0.1) is 11.8 Å². The molecule has 0 aromatic heterocycles. The lowest BCUT2D eigenvalue weighted by Crippen LogP contribution is -2.23. The Kier molecular flexibility index (Phi) is 9.87. The number of hydrogen-bond donors (Lipinski definition) is 0. The van der Waals surface area contributed by atoms with Gasteiger partial charge in [-0.3, -0.25) is 4.79 Å². The highest BCUT2D eigenvalue weighted by Gasteiger charge is 2.33. The van der Waals surface area contributed by atoms with Crippen LogP contribution in [-0.4, -0.2) is 24.3 Å². The van der Waals surface area contributed by atoms with Gasteiger partial charge in [-0.1, -0.05) is 31.5 Å². The molecule has 0 aliphatic heterocycles. The number of carbonyl (C=O) groups excluding carboxylic acids is 2. The number of carbonyl (C=O) groups is 2. The van der Waals surface area contributed by atoms with Crippen LogP contribution in [0.3, 0.4) is 0 Å². The number of ketones is 1. The van der Waals surface area contributed by atoms with Crippen LogP contribution in [0.25, 0.3) is 5.57 Å². The van der Waals surface area contributed by atoms with Gasteiger partial charge in [0, 0.05) is 17.7 Å². The van der Waals surface area contributed by atoms with Crippen molar-refractivity contribution in [2.45, 2.75) is 70.9 Å². The van der Waals surface area contributed by atoms with E-state index in [-0.39, 0.29) is 18.3 Å². The molecule has 0 saturated carbocycles. The van der Waals surface area contributed by atoms with E-state index in [1.807, 2.05) is 20.8 Å². The van der Waals surface area contributed by atoms with Gasteiger partial charge in [0.05, 0.1) is 17.7 Å². The summed E-state index contributed by atoms with van der Waals surface area (Å²) in [6.07, 6.45) is -2.34. The Morgan fingerprint density at radius 2 is 1.65 bits per heavy atom. The van der Waals surface area contributed by atoms with Crippen molar-refractivity contribution in [3.05, 3.63) is 70.0 Å². The summed E-state index contributed by atoms with van der Waals surface area (Å²) in [4.78, 5) is 26.6. The molecule has 0 bridgehead atoms. The summed E-state index contributed by atoms with van der Waals surface area (Å²) in [6, 6.07) is 9.22. The summed E-state index contributed by atoms with van der Waals surface area (Å²) in [5, 5.41) is 0. The Labute approximate surface area is 220 Å². The molecule has 1 aliphatic carbocycles. The van der Waals surface area contributed by atoms with Gasteiger partial charge in [-0.05, 0) is 85.7 Å². The number of allylic oxidation sites excluding steroid dienone is 2. The first-order valence-electron chi connectivity index (χ1n) is 12.6. The molecule has 0 fully saturated rings. The lowest BCUT2D eigenvalue weighted by molar-refractivity contribution is -0.137. The second-order valence-electron chi connectivity index (χ2n) is 9.11. The van der Waals surface area contributed by atoms with Gasteiger partial charge in [0.25, 0.3) is 0 Å². The van der Waals surface area contributed by atoms with Crippen LogP contribution in [-0.2, 0) is 33.3 Å². The fourth-order valence-corrected chi connectivity index (χ4v) is 5.70. The number of alkyl halides is 3. The van der Waals surface area contributed by atoms with Crippen molar-refractivity contribution in [2.24, 2.45) is 5.92 Å². The Hall–Kier alpha value is -2.74. The number of benzene rings is 2. The van der Waals surface area contributed by atoms with Gasteiger partial charge in [0.2, 0.25) is 0 Å². The van der Waals surface area contributed by atoms with Gasteiger partial charge < -0.3 is 9.47 Å². The smallest absolute Gasteiger partial charge is 0.434 e. The highest BCUT2D eigenvalue weighted by atomic mass is 32.2. The molecule has 4 nitrogen and oxygen atoms in total. The normalized spacial score (nSPS) is 16.2. The number of ether oxygens (including phenoxy) is 2. The summed E-state index contributed by atoms with van der Waals surface area (Å²) in [5.74, 6) is 0.843. The number of rotatable bonds is 9. The first-order valence-corrected chi connectivity index (χ1v) is 13.6. The molecule has 1 atom stereocenters. The van der Waals surface area contributed by atoms with E-state index in [9.17, 15) is 22.8 Å². The van der Waals surface area contributed by atoms with Gasteiger partial charge >= 0.3 is 12.3 Å². The molecule has 1 aliphatic rings. The summed E-state index contributed by atoms with van der Waals surface area (Å²) < 4.78 is 49.1. The van der Waals surface area contributed by atoms with Crippen molar-refractivity contribution in [2.75, 3.05) is 12.4 Å². The quantitative estimate of drug-likeness (QED) is 0.240. The van der Waals surface area contributed by atoms with Gasteiger partial charge in [0.15, 0.2) is 5.78 Å². The highest BCUT2D eigenvalue weighted by Crippen LogP contribution is 2.40. The van der Waals surface area contributed by atoms with Crippen molar-refractivity contribution in [3.8, 4) is 0 Å². The molecule has 0 radical (unpaired) electrons. The Morgan fingerprint density at radius 1 is 1.03 bits per heavy atom. The fourth-order valence-electron chi connectivity index (χ4n) is 4.68. The zero-order valence-corrected chi connectivity index (χ0v) is 22.5. The maximum Gasteiger partial charge on any atom is 0.513 e. The van der Waals surface area contributed by atoms with E-state index in [4.69, 9.17) is 9.47 Å². The molecular formula is C29H33F3O4S. The minimum Gasteiger partial charge on any atom is -0.434 e. The summed E-state index contributed by atoms with van der Waals surface area (Å²) in [6.45, 7) is 7.96. The molecule has 0 N–H and O–H groups in total. The van der Waals surface area contributed by atoms with Crippen LogP contribution < -0.4 is 0 Å².